The van der Waals surface area contributed by atoms with Gasteiger partial charge in [-0.2, -0.15) is 0 Å². The van der Waals surface area contributed by atoms with E-state index in [1.165, 1.54) is 6.07 Å². The highest BCUT2D eigenvalue weighted by Crippen LogP contribution is 2.38. The van der Waals surface area contributed by atoms with Crippen molar-refractivity contribution in [3.05, 3.63) is 23.0 Å². The number of rotatable bonds is 2. The van der Waals surface area contributed by atoms with E-state index in [-0.39, 0.29) is 10.8 Å². The minimum absolute atomic E-state index is 0.180. The molecule has 2 aliphatic heterocycles. The number of nitrogens with one attached hydrogen (secondary N) is 1. The molecule has 2 atom stereocenters. The number of nitrogens with zero attached hydrogens (tertiary/aromatic N) is 1. The fraction of sp³-hybridized carbons (Fsp3) is 0.571. The summed E-state index contributed by atoms with van der Waals surface area (Å²) >= 11 is 5.95. The highest BCUT2D eigenvalue weighted by molar-refractivity contribution is 6.31. The van der Waals surface area contributed by atoms with Crippen LogP contribution in [-0.4, -0.2) is 32.3 Å². The molecule has 2 aliphatic rings. The molecule has 0 aromatic heterocycles. The Morgan fingerprint density at radius 2 is 2.32 bits per heavy atom. The largest absolute Gasteiger partial charge is 0.383 e. The van der Waals surface area contributed by atoms with Crippen molar-refractivity contribution < 1.29 is 9.13 Å². The smallest absolute Gasteiger partial charge is 0.143 e. The van der Waals surface area contributed by atoms with Crippen LogP contribution in [0, 0.1) is 11.7 Å². The van der Waals surface area contributed by atoms with E-state index in [4.69, 9.17) is 16.3 Å². The van der Waals surface area contributed by atoms with Crippen molar-refractivity contribution in [2.24, 2.45) is 5.92 Å². The van der Waals surface area contributed by atoms with Gasteiger partial charge in [0.25, 0.3) is 0 Å². The molecule has 0 saturated carbocycles. The van der Waals surface area contributed by atoms with Crippen molar-refractivity contribution in [3.8, 4) is 0 Å². The molecule has 1 aromatic carbocycles. The first-order chi connectivity index (χ1) is 9.20. The van der Waals surface area contributed by atoms with Crippen LogP contribution in [0.2, 0.25) is 5.02 Å². The van der Waals surface area contributed by atoms with E-state index in [2.05, 4.69) is 17.1 Å². The third kappa shape index (κ3) is 2.28. The van der Waals surface area contributed by atoms with Crippen molar-refractivity contribution in [1.29, 1.82) is 0 Å². The van der Waals surface area contributed by atoms with Gasteiger partial charge in [0.05, 0.1) is 35.7 Å². The number of halogens is 2. The van der Waals surface area contributed by atoms with E-state index < -0.39 is 0 Å². The molecular weight excluding hydrogens is 267 g/mol. The summed E-state index contributed by atoms with van der Waals surface area (Å²) in [5, 5.41) is 3.51. The summed E-state index contributed by atoms with van der Waals surface area (Å²) < 4.78 is 19.2. The van der Waals surface area contributed by atoms with Crippen molar-refractivity contribution in [2.75, 3.05) is 36.5 Å². The molecule has 0 amide bonds. The van der Waals surface area contributed by atoms with E-state index >= 15 is 0 Å². The number of fused-ring (bicyclic) bond motifs is 2. The van der Waals surface area contributed by atoms with Crippen LogP contribution in [0.15, 0.2) is 12.1 Å². The number of benzene rings is 1. The van der Waals surface area contributed by atoms with E-state index in [1.807, 2.05) is 0 Å². The second kappa shape index (κ2) is 5.17. The SMILES string of the molecule is CCCN1c2cc(Cl)c(F)cc2NCC2COCC21. The first kappa shape index (κ1) is 13.0. The Bertz CT molecular complexity index is 483. The Hall–Kier alpha value is -1.00. The maximum Gasteiger partial charge on any atom is 0.143 e. The Labute approximate surface area is 117 Å². The average Bonchev–Trinajstić information content (AvgIpc) is 2.80. The lowest BCUT2D eigenvalue weighted by Crippen LogP contribution is -2.41. The lowest BCUT2D eigenvalue weighted by atomic mass is 10.0. The molecule has 1 saturated heterocycles. The quantitative estimate of drug-likeness (QED) is 0.903. The standard InChI is InChI=1S/C14H18ClFN2O/c1-2-3-18-13-4-10(15)11(16)5-12(13)17-6-9-7-19-8-14(9)18/h4-5,9,14,17H,2-3,6-8H2,1H3. The molecule has 19 heavy (non-hydrogen) atoms. The van der Waals surface area contributed by atoms with Gasteiger partial charge in [-0.25, -0.2) is 4.39 Å². The Morgan fingerprint density at radius 1 is 1.47 bits per heavy atom. The van der Waals surface area contributed by atoms with E-state index in [0.29, 0.717) is 12.0 Å². The minimum Gasteiger partial charge on any atom is -0.383 e. The second-order valence-corrected chi connectivity index (χ2v) is 5.63. The van der Waals surface area contributed by atoms with Crippen LogP contribution in [-0.2, 0) is 4.74 Å². The van der Waals surface area contributed by atoms with Crippen molar-refractivity contribution in [2.45, 2.75) is 19.4 Å². The van der Waals surface area contributed by atoms with Crippen LogP contribution in [0.5, 0.6) is 0 Å². The van der Waals surface area contributed by atoms with Gasteiger partial charge in [0.2, 0.25) is 0 Å². The zero-order valence-corrected chi connectivity index (χ0v) is 11.7. The van der Waals surface area contributed by atoms with Gasteiger partial charge in [-0.1, -0.05) is 18.5 Å². The molecule has 2 unspecified atom stereocenters. The molecule has 3 rings (SSSR count). The third-order valence-electron chi connectivity index (χ3n) is 3.93. The van der Waals surface area contributed by atoms with Crippen LogP contribution in [0.3, 0.4) is 0 Å². The predicted molar refractivity (Wildman–Crippen MR) is 75.6 cm³/mol. The van der Waals surface area contributed by atoms with Crippen LogP contribution in [0.1, 0.15) is 13.3 Å². The van der Waals surface area contributed by atoms with Crippen molar-refractivity contribution in [3.63, 3.8) is 0 Å². The summed E-state index contributed by atoms with van der Waals surface area (Å²) in [6, 6.07) is 3.59. The topological polar surface area (TPSA) is 24.5 Å². The molecule has 104 valence electrons. The molecule has 5 heteroatoms. The Morgan fingerprint density at radius 3 is 3.11 bits per heavy atom. The lowest BCUT2D eigenvalue weighted by Gasteiger charge is -2.31. The van der Waals surface area contributed by atoms with Gasteiger partial charge >= 0.3 is 0 Å². The predicted octanol–water partition coefficient (Wildman–Crippen LogP) is 3.14. The summed E-state index contributed by atoms with van der Waals surface area (Å²) in [6.07, 6.45) is 1.04. The van der Waals surface area contributed by atoms with Crippen molar-refractivity contribution >= 4 is 23.0 Å². The second-order valence-electron chi connectivity index (χ2n) is 5.22. The van der Waals surface area contributed by atoms with Crippen LogP contribution < -0.4 is 10.2 Å². The van der Waals surface area contributed by atoms with E-state index in [1.54, 1.807) is 6.07 Å². The average molecular weight is 285 g/mol. The summed E-state index contributed by atoms with van der Waals surface area (Å²) in [5.74, 6) is 0.0773. The Kier molecular flexibility index (Phi) is 3.54. The normalized spacial score (nSPS) is 25.5. The van der Waals surface area contributed by atoms with Gasteiger partial charge in [0.15, 0.2) is 0 Å². The van der Waals surface area contributed by atoms with Gasteiger partial charge in [-0.05, 0) is 12.5 Å². The molecule has 1 N–H and O–H groups in total. The summed E-state index contributed by atoms with van der Waals surface area (Å²) in [4.78, 5) is 2.32. The first-order valence-corrected chi connectivity index (χ1v) is 7.15. The fourth-order valence-corrected chi connectivity index (χ4v) is 3.15. The highest BCUT2D eigenvalue weighted by atomic mass is 35.5. The molecule has 0 aliphatic carbocycles. The van der Waals surface area contributed by atoms with Gasteiger partial charge in [-0.3, -0.25) is 0 Å². The molecular formula is C14H18ClFN2O. The monoisotopic (exact) mass is 284 g/mol. The zero-order chi connectivity index (χ0) is 13.4. The maximum absolute atomic E-state index is 13.6. The summed E-state index contributed by atoms with van der Waals surface area (Å²) in [7, 11) is 0. The van der Waals surface area contributed by atoms with Gasteiger partial charge in [0, 0.05) is 25.1 Å². The highest BCUT2D eigenvalue weighted by Gasteiger charge is 2.36. The first-order valence-electron chi connectivity index (χ1n) is 6.78. The molecule has 0 radical (unpaired) electrons. The lowest BCUT2D eigenvalue weighted by molar-refractivity contribution is 0.185. The number of hydrogen-bond donors (Lipinski definition) is 1. The molecule has 0 spiro atoms. The Balaban J connectivity index is 2.04. The van der Waals surface area contributed by atoms with Crippen LogP contribution in [0.25, 0.3) is 0 Å². The van der Waals surface area contributed by atoms with Gasteiger partial charge < -0.3 is 15.0 Å². The molecule has 1 aromatic rings. The number of hydrogen-bond acceptors (Lipinski definition) is 3. The molecule has 3 nitrogen and oxygen atoms in total. The van der Waals surface area contributed by atoms with E-state index in [9.17, 15) is 4.39 Å². The fourth-order valence-electron chi connectivity index (χ4n) is 2.99. The van der Waals surface area contributed by atoms with Crippen LogP contribution >= 0.6 is 11.6 Å². The van der Waals surface area contributed by atoms with Crippen molar-refractivity contribution in [1.82, 2.24) is 0 Å². The summed E-state index contributed by atoms with van der Waals surface area (Å²) in [5.41, 5.74) is 1.83. The third-order valence-corrected chi connectivity index (χ3v) is 4.22. The number of ether oxygens (including phenoxy) is 1. The number of anilines is 2. The van der Waals surface area contributed by atoms with E-state index in [0.717, 1.165) is 44.1 Å². The van der Waals surface area contributed by atoms with Gasteiger partial charge in [0.1, 0.15) is 5.82 Å². The minimum atomic E-state index is -0.368. The molecule has 2 heterocycles. The van der Waals surface area contributed by atoms with Crippen LogP contribution in [0.4, 0.5) is 15.8 Å². The zero-order valence-electron chi connectivity index (χ0n) is 11.0. The molecule has 1 fully saturated rings. The summed E-state index contributed by atoms with van der Waals surface area (Å²) in [6.45, 7) is 5.40. The van der Waals surface area contributed by atoms with Gasteiger partial charge in [-0.15, -0.1) is 0 Å². The maximum atomic E-state index is 13.6. The molecule has 0 bridgehead atoms.